The van der Waals surface area contributed by atoms with E-state index in [0.717, 1.165) is 10.9 Å². The molecule has 110 valence electrons. The second-order valence-electron chi connectivity index (χ2n) is 5.29. The SMILES string of the molecule is Brc1ccc(-c2ccc(C(Br)Cc3ccccc3)cc2)cc1. The van der Waals surface area contributed by atoms with Crippen LogP contribution in [0.25, 0.3) is 11.1 Å². The number of hydrogen-bond acceptors (Lipinski definition) is 0. The molecule has 0 amide bonds. The van der Waals surface area contributed by atoms with E-state index in [-0.39, 0.29) is 0 Å². The molecule has 3 aromatic rings. The molecule has 0 aliphatic carbocycles. The minimum Gasteiger partial charge on any atom is -0.0835 e. The van der Waals surface area contributed by atoms with Gasteiger partial charge in [0, 0.05) is 9.30 Å². The van der Waals surface area contributed by atoms with Gasteiger partial charge in [-0.2, -0.15) is 0 Å². The molecular formula is C20H16Br2. The Morgan fingerprint density at radius 1 is 0.682 bits per heavy atom. The van der Waals surface area contributed by atoms with Gasteiger partial charge in [0.15, 0.2) is 0 Å². The number of halogens is 2. The molecule has 3 aromatic carbocycles. The maximum atomic E-state index is 3.81. The Labute approximate surface area is 148 Å². The van der Waals surface area contributed by atoms with Crippen molar-refractivity contribution < 1.29 is 0 Å². The van der Waals surface area contributed by atoms with Crippen molar-refractivity contribution >= 4 is 31.9 Å². The number of benzene rings is 3. The standard InChI is InChI=1S/C20H16Br2/c21-19-12-10-17(11-13-19)16-6-8-18(9-7-16)20(22)14-15-4-2-1-3-5-15/h1-13,20H,14H2. The van der Waals surface area contributed by atoms with Crippen molar-refractivity contribution in [3.8, 4) is 11.1 Å². The summed E-state index contributed by atoms with van der Waals surface area (Å²) in [4.78, 5) is 0.342. The largest absolute Gasteiger partial charge is 0.0835 e. The van der Waals surface area contributed by atoms with Gasteiger partial charge in [-0.1, -0.05) is 98.6 Å². The lowest BCUT2D eigenvalue weighted by Gasteiger charge is -2.11. The van der Waals surface area contributed by atoms with Crippen molar-refractivity contribution in [3.05, 3.63) is 94.5 Å². The first-order valence-corrected chi connectivity index (χ1v) is 8.97. The summed E-state index contributed by atoms with van der Waals surface area (Å²) in [6.07, 6.45) is 0.998. The first kappa shape index (κ1) is 15.5. The molecule has 0 aromatic heterocycles. The van der Waals surface area contributed by atoms with E-state index >= 15 is 0 Å². The van der Waals surface area contributed by atoms with Gasteiger partial charge in [-0.15, -0.1) is 0 Å². The number of alkyl halides is 1. The van der Waals surface area contributed by atoms with Crippen LogP contribution in [0.1, 0.15) is 16.0 Å². The fraction of sp³-hybridized carbons (Fsp3) is 0.100. The van der Waals surface area contributed by atoms with Gasteiger partial charge in [0.05, 0.1) is 0 Å². The zero-order valence-corrected chi connectivity index (χ0v) is 15.2. The Balaban J connectivity index is 1.75. The maximum Gasteiger partial charge on any atom is 0.0435 e. The van der Waals surface area contributed by atoms with Crippen LogP contribution < -0.4 is 0 Å². The molecule has 0 bridgehead atoms. The highest BCUT2D eigenvalue weighted by molar-refractivity contribution is 9.10. The van der Waals surface area contributed by atoms with E-state index < -0.39 is 0 Å². The molecule has 22 heavy (non-hydrogen) atoms. The molecule has 1 unspecified atom stereocenters. The minimum atomic E-state index is 0.342. The smallest absolute Gasteiger partial charge is 0.0435 e. The Kier molecular flexibility index (Phi) is 5.12. The fourth-order valence-electron chi connectivity index (χ4n) is 2.47. The van der Waals surface area contributed by atoms with Gasteiger partial charge in [0.2, 0.25) is 0 Å². The Morgan fingerprint density at radius 2 is 1.23 bits per heavy atom. The summed E-state index contributed by atoms with van der Waals surface area (Å²) >= 11 is 7.28. The van der Waals surface area contributed by atoms with E-state index in [1.165, 1.54) is 22.3 Å². The van der Waals surface area contributed by atoms with Crippen LogP contribution in [0.4, 0.5) is 0 Å². The van der Waals surface area contributed by atoms with Gasteiger partial charge in [0.1, 0.15) is 0 Å². The van der Waals surface area contributed by atoms with E-state index in [4.69, 9.17) is 0 Å². The van der Waals surface area contributed by atoms with Crippen molar-refractivity contribution in [2.45, 2.75) is 11.2 Å². The number of rotatable bonds is 4. The lowest BCUT2D eigenvalue weighted by atomic mass is 10.0. The van der Waals surface area contributed by atoms with Crippen LogP contribution in [0.15, 0.2) is 83.3 Å². The van der Waals surface area contributed by atoms with Gasteiger partial charge < -0.3 is 0 Å². The summed E-state index contributed by atoms with van der Waals surface area (Å²) in [7, 11) is 0. The highest BCUT2D eigenvalue weighted by Crippen LogP contribution is 2.29. The molecule has 1 atom stereocenters. The van der Waals surface area contributed by atoms with Crippen molar-refractivity contribution in [3.63, 3.8) is 0 Å². The molecule has 0 heterocycles. The number of hydrogen-bond donors (Lipinski definition) is 0. The molecule has 0 aliphatic rings. The fourth-order valence-corrected chi connectivity index (χ4v) is 3.41. The second-order valence-corrected chi connectivity index (χ2v) is 7.31. The molecule has 0 aliphatic heterocycles. The van der Waals surface area contributed by atoms with Crippen molar-refractivity contribution in [2.24, 2.45) is 0 Å². The molecule has 3 rings (SSSR count). The maximum absolute atomic E-state index is 3.81. The third-order valence-electron chi connectivity index (χ3n) is 3.71. The van der Waals surface area contributed by atoms with E-state index in [2.05, 4.69) is 111 Å². The van der Waals surface area contributed by atoms with Gasteiger partial charge in [-0.25, -0.2) is 0 Å². The van der Waals surface area contributed by atoms with Crippen molar-refractivity contribution in [2.75, 3.05) is 0 Å². The zero-order valence-electron chi connectivity index (χ0n) is 12.0. The van der Waals surface area contributed by atoms with Crippen molar-refractivity contribution in [1.29, 1.82) is 0 Å². The zero-order chi connectivity index (χ0) is 15.4. The van der Waals surface area contributed by atoms with Crippen LogP contribution in [-0.4, -0.2) is 0 Å². The Bertz CT molecular complexity index is 716. The molecule has 0 saturated carbocycles. The van der Waals surface area contributed by atoms with Gasteiger partial charge in [0.25, 0.3) is 0 Å². The van der Waals surface area contributed by atoms with Crippen LogP contribution in [-0.2, 0) is 6.42 Å². The van der Waals surface area contributed by atoms with E-state index in [9.17, 15) is 0 Å². The topological polar surface area (TPSA) is 0 Å². The van der Waals surface area contributed by atoms with E-state index in [1.807, 2.05) is 0 Å². The van der Waals surface area contributed by atoms with Gasteiger partial charge in [-0.3, -0.25) is 0 Å². The summed E-state index contributed by atoms with van der Waals surface area (Å²) in [6.45, 7) is 0. The van der Waals surface area contributed by atoms with E-state index in [0.29, 0.717) is 4.83 Å². The Morgan fingerprint density at radius 3 is 1.82 bits per heavy atom. The normalized spacial score (nSPS) is 12.1. The highest BCUT2D eigenvalue weighted by atomic mass is 79.9. The molecule has 0 fully saturated rings. The predicted octanol–water partition coefficient (Wildman–Crippen LogP) is 6.79. The third-order valence-corrected chi connectivity index (χ3v) is 5.09. The van der Waals surface area contributed by atoms with Crippen LogP contribution in [0.3, 0.4) is 0 Å². The van der Waals surface area contributed by atoms with Crippen LogP contribution >= 0.6 is 31.9 Å². The summed E-state index contributed by atoms with van der Waals surface area (Å²) in [5.74, 6) is 0. The minimum absolute atomic E-state index is 0.342. The molecule has 0 nitrogen and oxygen atoms in total. The average molecular weight is 416 g/mol. The first-order valence-electron chi connectivity index (χ1n) is 7.26. The predicted molar refractivity (Wildman–Crippen MR) is 101 cm³/mol. The quantitative estimate of drug-likeness (QED) is 0.411. The molecule has 0 spiro atoms. The Hall–Kier alpha value is -1.38. The molecular weight excluding hydrogens is 400 g/mol. The summed E-state index contributed by atoms with van der Waals surface area (Å²) in [6, 6.07) is 27.8. The molecule has 0 N–H and O–H groups in total. The average Bonchev–Trinajstić information content (AvgIpc) is 2.57. The van der Waals surface area contributed by atoms with Crippen molar-refractivity contribution in [1.82, 2.24) is 0 Å². The molecule has 0 radical (unpaired) electrons. The lowest BCUT2D eigenvalue weighted by molar-refractivity contribution is 0.949. The first-order chi connectivity index (χ1) is 10.7. The molecule has 2 heteroatoms. The summed E-state index contributed by atoms with van der Waals surface area (Å²) < 4.78 is 1.11. The van der Waals surface area contributed by atoms with Gasteiger partial charge in [-0.05, 0) is 40.8 Å². The third kappa shape index (κ3) is 3.88. The van der Waals surface area contributed by atoms with Crippen LogP contribution in [0.2, 0.25) is 0 Å². The summed E-state index contributed by atoms with van der Waals surface area (Å²) in [5, 5.41) is 0. The van der Waals surface area contributed by atoms with Crippen LogP contribution in [0, 0.1) is 0 Å². The lowest BCUT2D eigenvalue weighted by Crippen LogP contribution is -1.95. The summed E-state index contributed by atoms with van der Waals surface area (Å²) in [5.41, 5.74) is 5.14. The van der Waals surface area contributed by atoms with Gasteiger partial charge >= 0.3 is 0 Å². The monoisotopic (exact) mass is 414 g/mol. The molecule has 0 saturated heterocycles. The van der Waals surface area contributed by atoms with Crippen LogP contribution in [0.5, 0.6) is 0 Å². The highest BCUT2D eigenvalue weighted by Gasteiger charge is 2.08. The van der Waals surface area contributed by atoms with E-state index in [1.54, 1.807) is 0 Å². The second kappa shape index (κ2) is 7.26.